The Morgan fingerprint density at radius 1 is 1.33 bits per heavy atom. The molecule has 0 amide bonds. The van der Waals surface area contributed by atoms with E-state index in [0.717, 1.165) is 5.92 Å². The summed E-state index contributed by atoms with van der Waals surface area (Å²) in [6, 6.07) is 4.91. The molecule has 0 spiro atoms. The lowest BCUT2D eigenvalue weighted by atomic mass is 9.81. The Morgan fingerprint density at radius 3 is 2.40 bits per heavy atom. The minimum atomic E-state index is 0.583. The quantitative estimate of drug-likeness (QED) is 0.800. The molecule has 2 nitrogen and oxygen atoms in total. The van der Waals surface area contributed by atoms with Crippen LogP contribution in [0.2, 0.25) is 0 Å². The maximum Gasteiger partial charge on any atom is 0.0399 e. The third-order valence-electron chi connectivity index (χ3n) is 3.53. The van der Waals surface area contributed by atoms with Crippen molar-refractivity contribution in [1.29, 1.82) is 0 Å². The van der Waals surface area contributed by atoms with E-state index in [9.17, 15) is 0 Å². The molecule has 0 aliphatic heterocycles. The van der Waals surface area contributed by atoms with E-state index in [4.69, 9.17) is 0 Å². The number of nitrogens with zero attached hydrogens (tertiary/aromatic N) is 1. The van der Waals surface area contributed by atoms with Crippen molar-refractivity contribution in [2.75, 3.05) is 5.43 Å². The van der Waals surface area contributed by atoms with Crippen molar-refractivity contribution in [2.24, 2.45) is 5.92 Å². The molecule has 1 aromatic heterocycles. The molecule has 15 heavy (non-hydrogen) atoms. The van der Waals surface area contributed by atoms with Crippen molar-refractivity contribution in [2.45, 2.75) is 52.5 Å². The van der Waals surface area contributed by atoms with Crippen LogP contribution < -0.4 is 5.43 Å². The fourth-order valence-electron chi connectivity index (χ4n) is 2.37. The number of aryl methyl sites for hydroxylation is 2. The van der Waals surface area contributed by atoms with Gasteiger partial charge in [-0.05, 0) is 45.2 Å². The third-order valence-corrected chi connectivity index (χ3v) is 3.53. The van der Waals surface area contributed by atoms with Crippen molar-refractivity contribution >= 4 is 0 Å². The summed E-state index contributed by atoms with van der Waals surface area (Å²) in [7, 11) is 0. The molecule has 1 aliphatic carbocycles. The highest BCUT2D eigenvalue weighted by Crippen LogP contribution is 2.30. The topological polar surface area (TPSA) is 17.0 Å². The first-order valence-corrected chi connectivity index (χ1v) is 6.08. The van der Waals surface area contributed by atoms with Gasteiger partial charge in [0, 0.05) is 17.4 Å². The van der Waals surface area contributed by atoms with E-state index in [1.807, 2.05) is 0 Å². The van der Waals surface area contributed by atoms with Crippen LogP contribution in [0.3, 0.4) is 0 Å². The van der Waals surface area contributed by atoms with Crippen LogP contribution in [0.5, 0.6) is 0 Å². The Balaban J connectivity index is 1.89. The van der Waals surface area contributed by atoms with Gasteiger partial charge in [-0.2, -0.15) is 0 Å². The van der Waals surface area contributed by atoms with Gasteiger partial charge in [-0.15, -0.1) is 0 Å². The van der Waals surface area contributed by atoms with Gasteiger partial charge in [0.25, 0.3) is 0 Å². The molecule has 1 unspecified atom stereocenters. The second-order valence-electron chi connectivity index (χ2n) is 5.01. The fourth-order valence-corrected chi connectivity index (χ4v) is 2.37. The molecule has 1 saturated carbocycles. The number of nitrogens with one attached hydrogen (secondary N) is 1. The first-order valence-electron chi connectivity index (χ1n) is 6.08. The number of rotatable bonds is 4. The molecule has 1 aliphatic rings. The van der Waals surface area contributed by atoms with Crippen molar-refractivity contribution in [1.82, 2.24) is 4.68 Å². The summed E-state index contributed by atoms with van der Waals surface area (Å²) in [6.07, 6.45) is 5.64. The van der Waals surface area contributed by atoms with Crippen LogP contribution in [0, 0.1) is 19.8 Å². The summed E-state index contributed by atoms with van der Waals surface area (Å²) in [4.78, 5) is 0. The summed E-state index contributed by atoms with van der Waals surface area (Å²) >= 11 is 0. The average Bonchev–Trinajstić information content (AvgIpc) is 2.43. The molecule has 84 valence electrons. The minimum Gasteiger partial charge on any atom is -0.323 e. The molecule has 0 aromatic carbocycles. The summed E-state index contributed by atoms with van der Waals surface area (Å²) in [5, 5.41) is 0. The smallest absolute Gasteiger partial charge is 0.0399 e. The van der Waals surface area contributed by atoms with Crippen molar-refractivity contribution in [3.63, 3.8) is 0 Å². The summed E-state index contributed by atoms with van der Waals surface area (Å²) < 4.78 is 2.21. The molecule has 1 atom stereocenters. The Bertz CT molecular complexity index is 304. The van der Waals surface area contributed by atoms with E-state index in [-0.39, 0.29) is 0 Å². The molecule has 1 heterocycles. The third kappa shape index (κ3) is 2.36. The lowest BCUT2D eigenvalue weighted by molar-refractivity contribution is 0.281. The molecule has 0 bridgehead atoms. The van der Waals surface area contributed by atoms with Crippen LogP contribution in [-0.4, -0.2) is 10.7 Å². The van der Waals surface area contributed by atoms with E-state index in [0.29, 0.717) is 6.04 Å². The highest BCUT2D eigenvalue weighted by atomic mass is 15.4. The van der Waals surface area contributed by atoms with Gasteiger partial charge in [0.1, 0.15) is 0 Å². The molecule has 1 N–H and O–H groups in total. The largest absolute Gasteiger partial charge is 0.323 e. The van der Waals surface area contributed by atoms with Crippen LogP contribution in [0.1, 0.15) is 44.0 Å². The van der Waals surface area contributed by atoms with Gasteiger partial charge in [0.05, 0.1) is 0 Å². The Morgan fingerprint density at radius 2 is 1.93 bits per heavy atom. The van der Waals surface area contributed by atoms with Crippen molar-refractivity contribution < 1.29 is 0 Å². The number of aromatic nitrogens is 1. The first kappa shape index (κ1) is 10.6. The van der Waals surface area contributed by atoms with Gasteiger partial charge in [-0.1, -0.05) is 19.3 Å². The first-order chi connectivity index (χ1) is 7.16. The zero-order valence-electron chi connectivity index (χ0n) is 10.1. The summed E-state index contributed by atoms with van der Waals surface area (Å²) in [6.45, 7) is 6.59. The molecule has 2 rings (SSSR count). The Hall–Kier alpha value is -0.920. The molecular weight excluding hydrogens is 184 g/mol. The van der Waals surface area contributed by atoms with E-state index in [1.54, 1.807) is 0 Å². The van der Waals surface area contributed by atoms with E-state index < -0.39 is 0 Å². The lowest BCUT2D eigenvalue weighted by Crippen LogP contribution is -2.30. The van der Waals surface area contributed by atoms with Gasteiger partial charge in [0.15, 0.2) is 0 Å². The summed E-state index contributed by atoms with van der Waals surface area (Å²) in [5.74, 6) is 0.976. The predicted octanol–water partition coefficient (Wildman–Crippen LogP) is 3.23. The molecular formula is C13H22N2. The van der Waals surface area contributed by atoms with Crippen LogP contribution in [0.15, 0.2) is 12.1 Å². The zero-order chi connectivity index (χ0) is 10.8. The van der Waals surface area contributed by atoms with E-state index in [1.165, 1.54) is 37.1 Å². The van der Waals surface area contributed by atoms with E-state index >= 15 is 0 Å². The maximum atomic E-state index is 3.57. The van der Waals surface area contributed by atoms with Crippen molar-refractivity contribution in [3.05, 3.63) is 23.5 Å². The zero-order valence-corrected chi connectivity index (χ0v) is 10.1. The minimum absolute atomic E-state index is 0.583. The lowest BCUT2D eigenvalue weighted by Gasteiger charge is -2.29. The van der Waals surface area contributed by atoms with Gasteiger partial charge < -0.3 is 5.43 Å². The molecule has 1 fully saturated rings. The molecule has 0 radical (unpaired) electrons. The molecule has 2 heteroatoms. The van der Waals surface area contributed by atoms with Crippen LogP contribution in [0.25, 0.3) is 0 Å². The van der Waals surface area contributed by atoms with Crippen LogP contribution >= 0.6 is 0 Å². The molecule has 0 saturated heterocycles. The maximum absolute atomic E-state index is 3.57. The summed E-state index contributed by atoms with van der Waals surface area (Å²) in [5.41, 5.74) is 6.17. The molecule has 1 aromatic rings. The van der Waals surface area contributed by atoms with Gasteiger partial charge >= 0.3 is 0 Å². The Labute approximate surface area is 92.6 Å². The normalized spacial score (nSPS) is 18.6. The highest BCUT2D eigenvalue weighted by molar-refractivity contribution is 5.15. The number of hydrogen-bond donors (Lipinski definition) is 1. The monoisotopic (exact) mass is 206 g/mol. The van der Waals surface area contributed by atoms with Crippen LogP contribution in [-0.2, 0) is 0 Å². The van der Waals surface area contributed by atoms with Gasteiger partial charge in [-0.3, -0.25) is 4.68 Å². The van der Waals surface area contributed by atoms with Crippen molar-refractivity contribution in [3.8, 4) is 0 Å². The predicted molar refractivity (Wildman–Crippen MR) is 64.7 cm³/mol. The van der Waals surface area contributed by atoms with Gasteiger partial charge in [-0.25, -0.2) is 0 Å². The van der Waals surface area contributed by atoms with Gasteiger partial charge in [0.2, 0.25) is 0 Å². The second kappa shape index (κ2) is 4.30. The van der Waals surface area contributed by atoms with E-state index in [2.05, 4.69) is 43.0 Å². The Kier molecular flexibility index (Phi) is 3.03. The van der Waals surface area contributed by atoms with Crippen LogP contribution in [0.4, 0.5) is 0 Å². The SMILES string of the molecule is Cc1ccc(C)n1NC(C)CC1CCC1. The highest BCUT2D eigenvalue weighted by Gasteiger charge is 2.20. The fraction of sp³-hybridized carbons (Fsp3) is 0.692. The average molecular weight is 206 g/mol. The number of hydrogen-bond acceptors (Lipinski definition) is 1. The standard InChI is InChI=1S/C13H22N2/c1-10(9-13-5-4-6-13)14-15-11(2)7-8-12(15)3/h7-8,10,13-14H,4-6,9H2,1-3H3. The second-order valence-corrected chi connectivity index (χ2v) is 5.01.